The van der Waals surface area contributed by atoms with Crippen molar-refractivity contribution in [3.05, 3.63) is 79.9 Å². The van der Waals surface area contributed by atoms with Gasteiger partial charge < -0.3 is 28.6 Å². The maximum atomic E-state index is 12.1. The van der Waals surface area contributed by atoms with Gasteiger partial charge in [-0.1, -0.05) is 24.3 Å². The van der Waals surface area contributed by atoms with Crippen LogP contribution in [0, 0.1) is 20.2 Å². The Kier molecular flexibility index (Phi) is 9.71. The third-order valence-corrected chi connectivity index (χ3v) is 3.92. The second kappa shape index (κ2) is 12.9. The molecule has 0 aliphatic carbocycles. The van der Waals surface area contributed by atoms with E-state index in [0.717, 1.165) is 6.92 Å². The first-order chi connectivity index (χ1) is 16.6. The minimum Gasteiger partial charge on any atom is -0.426 e. The highest BCUT2D eigenvalue weighted by Crippen LogP contribution is 2.19. The Balaban J connectivity index is 1.84. The van der Waals surface area contributed by atoms with Crippen LogP contribution in [0.3, 0.4) is 0 Å². The van der Waals surface area contributed by atoms with Crippen LogP contribution in [0.4, 0.5) is 4.79 Å². The molecule has 0 fully saturated rings. The number of esters is 2. The standard InChI is InChI=1S/C20H18N2O13/c1-13(23)33-18-5-3-2-4-17(18)19(24)30-12-31-20(25)34-15-8-6-14(7-9-15)10-16(35-22(28)29)11-32-21(26)27/h2-9,16H,10-12H2,1H3. The van der Waals surface area contributed by atoms with E-state index in [-0.39, 0.29) is 23.5 Å². The number of benzene rings is 2. The summed E-state index contributed by atoms with van der Waals surface area (Å²) < 4.78 is 19.3. The number of hydrogen-bond acceptors (Lipinski definition) is 13. The summed E-state index contributed by atoms with van der Waals surface area (Å²) in [6, 6.07) is 11.3. The Hall–Kier alpha value is -4.95. The van der Waals surface area contributed by atoms with E-state index < -0.39 is 47.8 Å². The average Bonchev–Trinajstić information content (AvgIpc) is 2.78. The summed E-state index contributed by atoms with van der Waals surface area (Å²) in [7, 11) is 0. The predicted molar refractivity (Wildman–Crippen MR) is 110 cm³/mol. The van der Waals surface area contributed by atoms with E-state index in [1.165, 1.54) is 42.5 Å². The molecular weight excluding hydrogens is 476 g/mol. The van der Waals surface area contributed by atoms with Crippen LogP contribution >= 0.6 is 0 Å². The van der Waals surface area contributed by atoms with Crippen molar-refractivity contribution in [2.75, 3.05) is 13.4 Å². The summed E-state index contributed by atoms with van der Waals surface area (Å²) in [4.78, 5) is 64.3. The van der Waals surface area contributed by atoms with E-state index in [1.54, 1.807) is 6.07 Å². The Morgan fingerprint density at radius 1 is 0.914 bits per heavy atom. The first-order valence-corrected chi connectivity index (χ1v) is 9.60. The highest BCUT2D eigenvalue weighted by molar-refractivity contribution is 5.93. The van der Waals surface area contributed by atoms with Crippen LogP contribution in [0.15, 0.2) is 48.5 Å². The number of carbonyl (C=O) groups is 3. The third-order valence-electron chi connectivity index (χ3n) is 3.92. The molecule has 1 atom stereocenters. The molecule has 2 rings (SSSR count). The van der Waals surface area contributed by atoms with Gasteiger partial charge >= 0.3 is 18.1 Å². The zero-order valence-electron chi connectivity index (χ0n) is 18.0. The van der Waals surface area contributed by atoms with Crippen LogP contribution in [0.5, 0.6) is 11.5 Å². The maximum Gasteiger partial charge on any atom is 0.516 e. The molecule has 186 valence electrons. The van der Waals surface area contributed by atoms with Crippen LogP contribution in [-0.2, 0) is 30.4 Å². The monoisotopic (exact) mass is 494 g/mol. The molecule has 0 amide bonds. The summed E-state index contributed by atoms with van der Waals surface area (Å²) in [5.74, 6) is -1.55. The third kappa shape index (κ3) is 9.60. The topological polar surface area (TPSA) is 193 Å². The van der Waals surface area contributed by atoms with Crippen molar-refractivity contribution < 1.29 is 53.2 Å². The zero-order valence-corrected chi connectivity index (χ0v) is 18.0. The van der Waals surface area contributed by atoms with E-state index in [1.807, 2.05) is 0 Å². The Labute approximate surface area is 196 Å². The SMILES string of the molecule is CC(=O)Oc1ccccc1C(=O)OCOC(=O)Oc1ccc(CC(CO[N+](=O)[O-])O[N+](=O)[O-])cc1. The average molecular weight is 494 g/mol. The molecule has 15 heteroatoms. The van der Waals surface area contributed by atoms with E-state index >= 15 is 0 Å². The van der Waals surface area contributed by atoms with Gasteiger partial charge in [0.2, 0.25) is 6.79 Å². The first-order valence-electron chi connectivity index (χ1n) is 9.60. The van der Waals surface area contributed by atoms with E-state index in [0.29, 0.717) is 5.56 Å². The van der Waals surface area contributed by atoms with Gasteiger partial charge in [0.25, 0.3) is 10.2 Å². The number of para-hydroxylation sites is 1. The van der Waals surface area contributed by atoms with Crippen molar-refractivity contribution >= 4 is 18.1 Å². The lowest BCUT2D eigenvalue weighted by molar-refractivity contribution is -0.789. The molecule has 2 aromatic rings. The highest BCUT2D eigenvalue weighted by Gasteiger charge is 2.18. The van der Waals surface area contributed by atoms with Crippen molar-refractivity contribution in [1.82, 2.24) is 0 Å². The van der Waals surface area contributed by atoms with E-state index in [4.69, 9.17) is 14.2 Å². The van der Waals surface area contributed by atoms with Gasteiger partial charge in [-0.25, -0.2) is 9.59 Å². The Morgan fingerprint density at radius 2 is 1.60 bits per heavy atom. The number of hydrogen-bond donors (Lipinski definition) is 0. The zero-order chi connectivity index (χ0) is 25.8. The van der Waals surface area contributed by atoms with Crippen LogP contribution in [0.25, 0.3) is 0 Å². The van der Waals surface area contributed by atoms with Gasteiger partial charge in [0, 0.05) is 13.3 Å². The summed E-state index contributed by atoms with van der Waals surface area (Å²) in [5.41, 5.74) is 0.406. The summed E-state index contributed by atoms with van der Waals surface area (Å²) in [6.07, 6.45) is -2.55. The van der Waals surface area contributed by atoms with E-state index in [9.17, 15) is 34.6 Å². The van der Waals surface area contributed by atoms with Gasteiger partial charge in [0.1, 0.15) is 29.8 Å². The fraction of sp³-hybridized carbons (Fsp3) is 0.250. The molecular formula is C20H18N2O13. The lowest BCUT2D eigenvalue weighted by atomic mass is 10.1. The van der Waals surface area contributed by atoms with Crippen LogP contribution < -0.4 is 9.47 Å². The Morgan fingerprint density at radius 3 is 2.23 bits per heavy atom. The van der Waals surface area contributed by atoms with Crippen molar-refractivity contribution in [1.29, 1.82) is 0 Å². The van der Waals surface area contributed by atoms with Gasteiger partial charge in [-0.05, 0) is 29.8 Å². The molecule has 0 aliphatic heterocycles. The number of ether oxygens (including phenoxy) is 4. The van der Waals surface area contributed by atoms with Crippen LogP contribution in [0.1, 0.15) is 22.8 Å². The van der Waals surface area contributed by atoms with Crippen LogP contribution in [-0.4, -0.2) is 47.8 Å². The molecule has 0 radical (unpaired) electrons. The van der Waals surface area contributed by atoms with Gasteiger partial charge in [-0.2, -0.15) is 0 Å². The minimum absolute atomic E-state index is 0.0246. The largest absolute Gasteiger partial charge is 0.516 e. The normalized spacial score (nSPS) is 10.9. The van der Waals surface area contributed by atoms with Gasteiger partial charge in [-0.3, -0.25) is 4.79 Å². The van der Waals surface area contributed by atoms with Crippen LogP contribution in [0.2, 0.25) is 0 Å². The van der Waals surface area contributed by atoms with Gasteiger partial charge in [-0.15, -0.1) is 20.2 Å². The molecule has 1 unspecified atom stereocenters. The number of nitrogens with zero attached hydrogens (tertiary/aromatic N) is 2. The molecule has 0 N–H and O–H groups in total. The highest BCUT2D eigenvalue weighted by atomic mass is 17.0. The van der Waals surface area contributed by atoms with E-state index in [2.05, 4.69) is 14.4 Å². The molecule has 2 aromatic carbocycles. The molecule has 0 saturated carbocycles. The first kappa shape index (κ1) is 26.3. The lowest BCUT2D eigenvalue weighted by Crippen LogP contribution is -2.26. The van der Waals surface area contributed by atoms with Crippen molar-refractivity contribution in [3.63, 3.8) is 0 Å². The summed E-state index contributed by atoms with van der Waals surface area (Å²) >= 11 is 0. The fourth-order valence-corrected chi connectivity index (χ4v) is 2.56. The minimum atomic E-state index is -1.24. The predicted octanol–water partition coefficient (Wildman–Crippen LogP) is 2.27. The summed E-state index contributed by atoms with van der Waals surface area (Å²) in [6.45, 7) is -0.291. The van der Waals surface area contributed by atoms with Gasteiger partial charge in [0.15, 0.2) is 0 Å². The molecule has 0 heterocycles. The molecule has 0 bridgehead atoms. The Bertz CT molecular complexity index is 1070. The number of carbonyl (C=O) groups excluding carboxylic acids is 3. The lowest BCUT2D eigenvalue weighted by Gasteiger charge is -2.14. The maximum absolute atomic E-state index is 12.1. The smallest absolute Gasteiger partial charge is 0.426 e. The second-order valence-electron chi connectivity index (χ2n) is 6.45. The molecule has 0 saturated heterocycles. The van der Waals surface area contributed by atoms with Crippen molar-refractivity contribution in [2.45, 2.75) is 19.4 Å². The fourth-order valence-electron chi connectivity index (χ4n) is 2.56. The number of rotatable bonds is 12. The second-order valence-corrected chi connectivity index (χ2v) is 6.45. The van der Waals surface area contributed by atoms with Crippen molar-refractivity contribution in [3.8, 4) is 11.5 Å². The van der Waals surface area contributed by atoms with Crippen molar-refractivity contribution in [2.24, 2.45) is 0 Å². The quantitative estimate of drug-likeness (QED) is 0.104. The van der Waals surface area contributed by atoms with Gasteiger partial charge in [0.05, 0.1) is 0 Å². The molecule has 0 spiro atoms. The molecule has 35 heavy (non-hydrogen) atoms. The molecule has 0 aliphatic rings. The summed E-state index contributed by atoms with van der Waals surface area (Å²) in [5, 5.41) is 18.6. The molecule has 15 nitrogen and oxygen atoms in total. The molecule has 0 aromatic heterocycles.